The third-order valence-corrected chi connectivity index (χ3v) is 3.39. The average Bonchev–Trinajstić information content (AvgIpc) is 2.87. The van der Waals surface area contributed by atoms with Crippen molar-refractivity contribution >= 4 is 11.6 Å². The summed E-state index contributed by atoms with van der Waals surface area (Å²) in [6.45, 7) is 4.76. The molecule has 17 heavy (non-hydrogen) atoms. The molecule has 0 bridgehead atoms. The normalized spacial score (nSPS) is 21.8. The molecule has 2 heterocycles. The van der Waals surface area contributed by atoms with E-state index < -0.39 is 0 Å². The Labute approximate surface area is 99.8 Å². The van der Waals surface area contributed by atoms with Crippen LogP contribution >= 0.6 is 0 Å². The van der Waals surface area contributed by atoms with E-state index in [0.29, 0.717) is 24.5 Å². The van der Waals surface area contributed by atoms with Gasteiger partial charge >= 0.3 is 0 Å². The van der Waals surface area contributed by atoms with Crippen molar-refractivity contribution < 1.29 is 9.90 Å². The second-order valence-corrected chi connectivity index (χ2v) is 4.65. The van der Waals surface area contributed by atoms with Gasteiger partial charge in [0.2, 0.25) is 0 Å². The molecule has 0 aliphatic carbocycles. The Kier molecular flexibility index (Phi) is 3.06. The number of carbonyl (C=O) groups is 1. The number of nitrogens with two attached hydrogens (primary N) is 1. The molecule has 1 amide bonds. The highest BCUT2D eigenvalue weighted by atomic mass is 16.3. The Morgan fingerprint density at radius 2 is 2.41 bits per heavy atom. The quantitative estimate of drug-likeness (QED) is 0.683. The Balaban J connectivity index is 2.10. The number of aliphatic hydroxyl groups excluding tert-OH is 1. The highest BCUT2D eigenvalue weighted by Crippen LogP contribution is 2.23. The smallest absolute Gasteiger partial charge is 0.276 e. The number of aliphatic hydroxyl groups is 1. The van der Waals surface area contributed by atoms with Crippen molar-refractivity contribution in [3.63, 3.8) is 0 Å². The summed E-state index contributed by atoms with van der Waals surface area (Å²) in [5.41, 5.74) is 7.18. The molecule has 1 aromatic rings. The van der Waals surface area contributed by atoms with Gasteiger partial charge in [-0.15, -0.1) is 0 Å². The molecule has 0 aromatic carbocycles. The number of anilines is 1. The molecule has 94 valence electrons. The minimum Gasteiger partial charge on any atom is -0.395 e. The Hall–Kier alpha value is -1.56. The third-order valence-electron chi connectivity index (χ3n) is 3.39. The number of amides is 1. The molecule has 1 aromatic heterocycles. The van der Waals surface area contributed by atoms with Gasteiger partial charge in [-0.2, -0.15) is 5.10 Å². The summed E-state index contributed by atoms with van der Waals surface area (Å²) in [6, 6.07) is 0. The molecule has 4 N–H and O–H groups in total. The van der Waals surface area contributed by atoms with E-state index in [-0.39, 0.29) is 23.6 Å². The van der Waals surface area contributed by atoms with Crippen molar-refractivity contribution in [1.82, 2.24) is 15.1 Å². The van der Waals surface area contributed by atoms with Crippen LogP contribution in [-0.4, -0.2) is 45.3 Å². The summed E-state index contributed by atoms with van der Waals surface area (Å²) >= 11 is 0. The number of hydrogen-bond donors (Lipinski definition) is 3. The number of likely N-dealkylation sites (tertiary alicyclic amines) is 1. The molecular formula is C11H18N4O2. The van der Waals surface area contributed by atoms with Gasteiger partial charge in [-0.25, -0.2) is 0 Å². The predicted octanol–water partition coefficient (Wildman–Crippen LogP) is 0.143. The van der Waals surface area contributed by atoms with Gasteiger partial charge in [-0.05, 0) is 20.3 Å². The maximum absolute atomic E-state index is 12.1. The number of aromatic nitrogens is 2. The number of hydrogen-bond acceptors (Lipinski definition) is 4. The fourth-order valence-corrected chi connectivity index (χ4v) is 2.12. The zero-order valence-electron chi connectivity index (χ0n) is 10.1. The number of aryl methyl sites for hydroxylation is 1. The van der Waals surface area contributed by atoms with E-state index in [1.807, 2.05) is 0 Å². The molecule has 1 saturated heterocycles. The summed E-state index contributed by atoms with van der Waals surface area (Å²) in [7, 11) is 0. The van der Waals surface area contributed by atoms with E-state index in [1.165, 1.54) is 0 Å². The molecule has 0 saturated carbocycles. The van der Waals surface area contributed by atoms with Gasteiger partial charge in [-0.1, -0.05) is 0 Å². The standard InChI is InChI=1S/C11H18N4O2/c1-6-9(12)10(14-13-6)11(17)15-4-3-8(5-15)7(2)16/h7-8,16H,3-5,12H2,1-2H3,(H,13,14). The van der Waals surface area contributed by atoms with Crippen LogP contribution in [0.2, 0.25) is 0 Å². The molecule has 0 radical (unpaired) electrons. The molecule has 2 unspecified atom stereocenters. The Morgan fingerprint density at radius 3 is 2.88 bits per heavy atom. The van der Waals surface area contributed by atoms with Crippen LogP contribution in [0.5, 0.6) is 0 Å². The highest BCUT2D eigenvalue weighted by Gasteiger charge is 2.31. The second-order valence-electron chi connectivity index (χ2n) is 4.65. The van der Waals surface area contributed by atoms with Gasteiger partial charge < -0.3 is 15.7 Å². The second kappa shape index (κ2) is 4.37. The lowest BCUT2D eigenvalue weighted by Gasteiger charge is -2.16. The van der Waals surface area contributed by atoms with Crippen LogP contribution in [0.3, 0.4) is 0 Å². The van der Waals surface area contributed by atoms with Gasteiger partial charge in [0.25, 0.3) is 5.91 Å². The highest BCUT2D eigenvalue weighted by molar-refractivity contribution is 5.97. The number of aromatic amines is 1. The summed E-state index contributed by atoms with van der Waals surface area (Å²) in [5.74, 6) is -0.00443. The van der Waals surface area contributed by atoms with Gasteiger partial charge in [0.15, 0.2) is 5.69 Å². The van der Waals surface area contributed by atoms with Crippen LogP contribution in [0.4, 0.5) is 5.69 Å². The lowest BCUT2D eigenvalue weighted by molar-refractivity contribution is 0.0758. The summed E-state index contributed by atoms with van der Waals surface area (Å²) < 4.78 is 0. The zero-order valence-corrected chi connectivity index (χ0v) is 10.1. The molecule has 0 spiro atoms. The van der Waals surface area contributed by atoms with Crippen molar-refractivity contribution in [2.75, 3.05) is 18.8 Å². The predicted molar refractivity (Wildman–Crippen MR) is 63.4 cm³/mol. The van der Waals surface area contributed by atoms with E-state index in [2.05, 4.69) is 10.2 Å². The first-order chi connectivity index (χ1) is 8.00. The van der Waals surface area contributed by atoms with Crippen LogP contribution in [0.25, 0.3) is 0 Å². The topological polar surface area (TPSA) is 95.2 Å². The van der Waals surface area contributed by atoms with E-state index in [1.54, 1.807) is 18.7 Å². The number of rotatable bonds is 2. The number of nitrogens with zero attached hydrogens (tertiary/aromatic N) is 2. The molecule has 6 heteroatoms. The zero-order chi connectivity index (χ0) is 12.6. The Morgan fingerprint density at radius 1 is 1.71 bits per heavy atom. The minimum atomic E-state index is -0.383. The summed E-state index contributed by atoms with van der Waals surface area (Å²) in [5, 5.41) is 16.1. The van der Waals surface area contributed by atoms with Crippen molar-refractivity contribution in [2.45, 2.75) is 26.4 Å². The molecule has 1 fully saturated rings. The molecule has 1 aliphatic heterocycles. The number of nitrogens with one attached hydrogen (secondary N) is 1. The van der Waals surface area contributed by atoms with Crippen molar-refractivity contribution in [1.29, 1.82) is 0 Å². The van der Waals surface area contributed by atoms with E-state index in [4.69, 9.17) is 5.73 Å². The van der Waals surface area contributed by atoms with Crippen molar-refractivity contribution in [3.8, 4) is 0 Å². The number of H-pyrrole nitrogens is 1. The minimum absolute atomic E-state index is 0.153. The van der Waals surface area contributed by atoms with E-state index >= 15 is 0 Å². The van der Waals surface area contributed by atoms with E-state index in [0.717, 1.165) is 6.42 Å². The van der Waals surface area contributed by atoms with E-state index in [9.17, 15) is 9.90 Å². The molecule has 6 nitrogen and oxygen atoms in total. The van der Waals surface area contributed by atoms with Crippen LogP contribution in [0, 0.1) is 12.8 Å². The van der Waals surface area contributed by atoms with Gasteiger partial charge in [0, 0.05) is 19.0 Å². The van der Waals surface area contributed by atoms with Crippen LogP contribution in [0.15, 0.2) is 0 Å². The maximum Gasteiger partial charge on any atom is 0.276 e. The number of nitrogen functional groups attached to an aromatic ring is 1. The number of carbonyl (C=O) groups excluding carboxylic acids is 1. The SMILES string of the molecule is Cc1[nH]nc(C(=O)N2CCC(C(C)O)C2)c1N. The third kappa shape index (κ3) is 2.12. The molecule has 2 atom stereocenters. The van der Waals surface area contributed by atoms with Crippen LogP contribution in [-0.2, 0) is 0 Å². The maximum atomic E-state index is 12.1. The van der Waals surface area contributed by atoms with Crippen molar-refractivity contribution in [3.05, 3.63) is 11.4 Å². The van der Waals surface area contributed by atoms with Gasteiger partial charge in [0.05, 0.1) is 17.5 Å². The summed E-state index contributed by atoms with van der Waals surface area (Å²) in [6.07, 6.45) is 0.443. The monoisotopic (exact) mass is 238 g/mol. The van der Waals surface area contributed by atoms with Crippen LogP contribution in [0.1, 0.15) is 29.5 Å². The molecular weight excluding hydrogens is 220 g/mol. The van der Waals surface area contributed by atoms with Crippen molar-refractivity contribution in [2.24, 2.45) is 5.92 Å². The lowest BCUT2D eigenvalue weighted by Crippen LogP contribution is -2.31. The summed E-state index contributed by atoms with van der Waals surface area (Å²) in [4.78, 5) is 13.8. The first-order valence-corrected chi connectivity index (χ1v) is 5.78. The molecule has 2 rings (SSSR count). The average molecular weight is 238 g/mol. The van der Waals surface area contributed by atoms with Gasteiger partial charge in [-0.3, -0.25) is 9.89 Å². The lowest BCUT2D eigenvalue weighted by atomic mass is 10.0. The fourth-order valence-electron chi connectivity index (χ4n) is 2.12. The van der Waals surface area contributed by atoms with Crippen LogP contribution < -0.4 is 5.73 Å². The van der Waals surface area contributed by atoms with Gasteiger partial charge in [0.1, 0.15) is 0 Å². The Bertz CT molecular complexity index is 427. The molecule has 1 aliphatic rings. The first-order valence-electron chi connectivity index (χ1n) is 5.78. The largest absolute Gasteiger partial charge is 0.395 e. The first kappa shape index (κ1) is 11.9. The fraction of sp³-hybridized carbons (Fsp3) is 0.636.